The molecule has 2 rings (SSSR count). The fraction of sp³-hybridized carbons (Fsp3) is 0.571. The van der Waals surface area contributed by atoms with Gasteiger partial charge in [-0.2, -0.15) is 5.10 Å². The van der Waals surface area contributed by atoms with Crippen LogP contribution < -0.4 is 4.90 Å². The van der Waals surface area contributed by atoms with E-state index < -0.39 is 5.97 Å². The molecule has 6 nitrogen and oxygen atoms in total. The Morgan fingerprint density at radius 2 is 2.30 bits per heavy atom. The molecule has 110 valence electrons. The van der Waals surface area contributed by atoms with Gasteiger partial charge in [0.2, 0.25) is 0 Å². The second kappa shape index (κ2) is 6.09. The van der Waals surface area contributed by atoms with Gasteiger partial charge in [-0.05, 0) is 25.8 Å². The number of hydrogen-bond acceptors (Lipinski definition) is 4. The first-order valence-corrected chi connectivity index (χ1v) is 6.75. The number of hydrogen-bond donors (Lipinski definition) is 1. The maximum atomic E-state index is 10.7. The minimum absolute atomic E-state index is 0.218. The molecule has 1 aliphatic heterocycles. The van der Waals surface area contributed by atoms with Gasteiger partial charge in [-0.15, -0.1) is 0 Å². The van der Waals surface area contributed by atoms with Crippen LogP contribution in [0.2, 0.25) is 0 Å². The SMILES string of the molecule is COC1CCCN(c2c(/C=C/C(=O)O)c(C)nn2C)C1. The number of carboxylic acid groups (broad SMARTS) is 1. The van der Waals surface area contributed by atoms with Gasteiger partial charge >= 0.3 is 5.97 Å². The number of piperidine rings is 1. The van der Waals surface area contributed by atoms with Gasteiger partial charge in [0.25, 0.3) is 0 Å². The molecule has 1 N–H and O–H groups in total. The molecule has 0 saturated carbocycles. The van der Waals surface area contributed by atoms with Gasteiger partial charge in [0.15, 0.2) is 0 Å². The van der Waals surface area contributed by atoms with E-state index in [9.17, 15) is 4.79 Å². The van der Waals surface area contributed by atoms with Crippen LogP contribution in [0, 0.1) is 6.92 Å². The number of aryl methyl sites for hydroxylation is 2. The maximum absolute atomic E-state index is 10.7. The first-order chi connectivity index (χ1) is 9.52. The fourth-order valence-corrected chi connectivity index (χ4v) is 2.71. The van der Waals surface area contributed by atoms with Crippen LogP contribution in [0.15, 0.2) is 6.08 Å². The van der Waals surface area contributed by atoms with Crippen LogP contribution in [-0.4, -0.2) is 47.2 Å². The molecule has 0 bridgehead atoms. The summed E-state index contributed by atoms with van der Waals surface area (Å²) in [6.07, 6.45) is 5.12. The molecule has 2 heterocycles. The molecule has 1 aromatic rings. The highest BCUT2D eigenvalue weighted by Gasteiger charge is 2.24. The third-order valence-electron chi connectivity index (χ3n) is 3.64. The van der Waals surface area contributed by atoms with Crippen LogP contribution in [0.3, 0.4) is 0 Å². The van der Waals surface area contributed by atoms with E-state index in [0.29, 0.717) is 0 Å². The number of nitrogens with zero attached hydrogens (tertiary/aromatic N) is 3. The molecule has 0 radical (unpaired) electrons. The van der Waals surface area contributed by atoms with E-state index in [1.807, 2.05) is 18.7 Å². The number of ether oxygens (including phenoxy) is 1. The number of methoxy groups -OCH3 is 1. The van der Waals surface area contributed by atoms with Gasteiger partial charge in [0.1, 0.15) is 5.82 Å². The van der Waals surface area contributed by atoms with Crippen LogP contribution in [0.1, 0.15) is 24.1 Å². The maximum Gasteiger partial charge on any atom is 0.328 e. The van der Waals surface area contributed by atoms with Crippen molar-refractivity contribution in [1.82, 2.24) is 9.78 Å². The van der Waals surface area contributed by atoms with Gasteiger partial charge in [0, 0.05) is 38.9 Å². The minimum Gasteiger partial charge on any atom is -0.478 e. The first kappa shape index (κ1) is 14.6. The van der Waals surface area contributed by atoms with Gasteiger partial charge < -0.3 is 14.7 Å². The molecule has 1 aliphatic rings. The van der Waals surface area contributed by atoms with Gasteiger partial charge in [-0.25, -0.2) is 4.79 Å². The van der Waals surface area contributed by atoms with Crippen molar-refractivity contribution in [2.24, 2.45) is 7.05 Å². The summed E-state index contributed by atoms with van der Waals surface area (Å²) >= 11 is 0. The first-order valence-electron chi connectivity index (χ1n) is 6.75. The van der Waals surface area contributed by atoms with Crippen molar-refractivity contribution >= 4 is 17.9 Å². The Labute approximate surface area is 118 Å². The molecule has 0 amide bonds. The number of carboxylic acids is 1. The molecule has 6 heteroatoms. The normalized spacial score (nSPS) is 19.8. The highest BCUT2D eigenvalue weighted by Crippen LogP contribution is 2.27. The topological polar surface area (TPSA) is 67.6 Å². The largest absolute Gasteiger partial charge is 0.478 e. The summed E-state index contributed by atoms with van der Waals surface area (Å²) in [5, 5.41) is 13.2. The summed E-state index contributed by atoms with van der Waals surface area (Å²) in [5.74, 6) is 0.00867. The van der Waals surface area contributed by atoms with E-state index >= 15 is 0 Å². The van der Waals surface area contributed by atoms with Crippen LogP contribution in [0.5, 0.6) is 0 Å². The predicted molar refractivity (Wildman–Crippen MR) is 76.9 cm³/mol. The highest BCUT2D eigenvalue weighted by molar-refractivity contribution is 5.87. The number of aromatic nitrogens is 2. The summed E-state index contributed by atoms with van der Waals surface area (Å²) in [6, 6.07) is 0. The van der Waals surface area contributed by atoms with Crippen molar-refractivity contribution in [3.8, 4) is 0 Å². The zero-order valence-electron chi connectivity index (χ0n) is 12.2. The molecule has 0 spiro atoms. The second-order valence-corrected chi connectivity index (χ2v) is 5.06. The smallest absolute Gasteiger partial charge is 0.328 e. The molecule has 20 heavy (non-hydrogen) atoms. The average Bonchev–Trinajstić information content (AvgIpc) is 2.70. The number of aliphatic carboxylic acids is 1. The average molecular weight is 279 g/mol. The Kier molecular flexibility index (Phi) is 4.44. The molecule has 1 saturated heterocycles. The van der Waals surface area contributed by atoms with Crippen molar-refractivity contribution in [3.63, 3.8) is 0 Å². The second-order valence-electron chi connectivity index (χ2n) is 5.06. The van der Waals surface area contributed by atoms with Gasteiger partial charge in [-0.3, -0.25) is 4.68 Å². The van der Waals surface area contributed by atoms with Crippen LogP contribution in [0.25, 0.3) is 6.08 Å². The summed E-state index contributed by atoms with van der Waals surface area (Å²) in [5.41, 5.74) is 1.70. The molecular weight excluding hydrogens is 258 g/mol. The van der Waals surface area contributed by atoms with E-state index in [0.717, 1.165) is 49.1 Å². The Balaban J connectivity index is 2.32. The summed E-state index contributed by atoms with van der Waals surface area (Å²) in [7, 11) is 3.62. The molecule has 1 atom stereocenters. The predicted octanol–water partition coefficient (Wildman–Crippen LogP) is 1.44. The monoisotopic (exact) mass is 279 g/mol. The summed E-state index contributed by atoms with van der Waals surface area (Å²) < 4.78 is 7.26. The molecule has 0 aromatic carbocycles. The summed E-state index contributed by atoms with van der Waals surface area (Å²) in [6.45, 7) is 3.64. The van der Waals surface area contributed by atoms with Crippen molar-refractivity contribution in [2.75, 3.05) is 25.1 Å². The van der Waals surface area contributed by atoms with E-state index in [2.05, 4.69) is 10.00 Å². The zero-order chi connectivity index (χ0) is 14.7. The Morgan fingerprint density at radius 1 is 1.55 bits per heavy atom. The van der Waals surface area contributed by atoms with Crippen molar-refractivity contribution in [1.29, 1.82) is 0 Å². The van der Waals surface area contributed by atoms with Crippen molar-refractivity contribution in [2.45, 2.75) is 25.9 Å². The number of carbonyl (C=O) groups is 1. The Morgan fingerprint density at radius 3 is 2.95 bits per heavy atom. The lowest BCUT2D eigenvalue weighted by atomic mass is 10.1. The van der Waals surface area contributed by atoms with Crippen LogP contribution in [-0.2, 0) is 16.6 Å². The molecule has 1 aromatic heterocycles. The summed E-state index contributed by atoms with van der Waals surface area (Å²) in [4.78, 5) is 13.0. The number of anilines is 1. The Hall–Kier alpha value is -1.82. The molecular formula is C14H21N3O3. The van der Waals surface area contributed by atoms with E-state index in [1.165, 1.54) is 0 Å². The van der Waals surface area contributed by atoms with E-state index in [4.69, 9.17) is 9.84 Å². The lowest BCUT2D eigenvalue weighted by molar-refractivity contribution is -0.131. The third kappa shape index (κ3) is 3.01. The highest BCUT2D eigenvalue weighted by atomic mass is 16.5. The van der Waals surface area contributed by atoms with Crippen LogP contribution >= 0.6 is 0 Å². The molecule has 0 aliphatic carbocycles. The number of rotatable bonds is 4. The third-order valence-corrected chi connectivity index (χ3v) is 3.64. The fourth-order valence-electron chi connectivity index (χ4n) is 2.71. The van der Waals surface area contributed by atoms with Crippen LogP contribution in [0.4, 0.5) is 5.82 Å². The zero-order valence-corrected chi connectivity index (χ0v) is 12.2. The lowest BCUT2D eigenvalue weighted by Gasteiger charge is -2.33. The van der Waals surface area contributed by atoms with E-state index in [-0.39, 0.29) is 6.10 Å². The van der Waals surface area contributed by atoms with Crippen molar-refractivity contribution in [3.05, 3.63) is 17.3 Å². The van der Waals surface area contributed by atoms with Crippen molar-refractivity contribution < 1.29 is 14.6 Å². The standard InChI is InChI=1S/C14H21N3O3/c1-10-12(6-7-13(18)19)14(16(2)15-10)17-8-4-5-11(9-17)20-3/h6-7,11H,4-5,8-9H2,1-3H3,(H,18,19)/b7-6+. The lowest BCUT2D eigenvalue weighted by Crippen LogP contribution is -2.40. The quantitative estimate of drug-likeness (QED) is 0.845. The van der Waals surface area contributed by atoms with E-state index in [1.54, 1.807) is 13.2 Å². The van der Waals surface area contributed by atoms with Gasteiger partial charge in [0.05, 0.1) is 11.8 Å². The minimum atomic E-state index is -0.951. The molecule has 1 fully saturated rings. The van der Waals surface area contributed by atoms with Gasteiger partial charge in [-0.1, -0.05) is 0 Å². The molecule has 1 unspecified atom stereocenters. The Bertz CT molecular complexity index is 522.